The Balaban J connectivity index is 2.52. The Labute approximate surface area is 90.3 Å². The fourth-order valence-electron chi connectivity index (χ4n) is 1.35. The number of aldehydes is 1. The van der Waals surface area contributed by atoms with Gasteiger partial charge in [-0.1, -0.05) is 0 Å². The highest BCUT2D eigenvalue weighted by Gasteiger charge is 2.05. The molecule has 2 aromatic rings. The number of fused-ring (bicyclic) bond motifs is 1. The lowest BCUT2D eigenvalue weighted by Gasteiger charge is -2.00. The molecule has 0 N–H and O–H groups in total. The van der Waals surface area contributed by atoms with Gasteiger partial charge in [-0.3, -0.25) is 9.59 Å². The Morgan fingerprint density at radius 1 is 1.47 bits per heavy atom. The van der Waals surface area contributed by atoms with Gasteiger partial charge in [-0.25, -0.2) is 0 Å². The van der Waals surface area contributed by atoms with Crippen LogP contribution in [-0.2, 0) is 4.79 Å². The minimum Gasteiger partial charge on any atom is -0.427 e. The number of thiophene rings is 1. The normalized spacial score (nSPS) is 10.2. The van der Waals surface area contributed by atoms with Crippen molar-refractivity contribution in [2.45, 2.75) is 6.92 Å². The van der Waals surface area contributed by atoms with Crippen LogP contribution in [0.5, 0.6) is 5.75 Å². The summed E-state index contributed by atoms with van der Waals surface area (Å²) in [6.07, 6.45) is 0.802. The molecular formula is C11H8O3S. The first-order valence-corrected chi connectivity index (χ1v) is 5.23. The van der Waals surface area contributed by atoms with Crippen LogP contribution in [-0.4, -0.2) is 12.3 Å². The Bertz CT molecular complexity index is 528. The summed E-state index contributed by atoms with van der Waals surface area (Å²) in [6.45, 7) is 1.35. The number of rotatable bonds is 2. The Kier molecular flexibility index (Phi) is 2.51. The summed E-state index contributed by atoms with van der Waals surface area (Å²) in [5.41, 5.74) is 0.629. The van der Waals surface area contributed by atoms with Gasteiger partial charge in [0.15, 0.2) is 6.29 Å². The Morgan fingerprint density at radius 2 is 2.27 bits per heavy atom. The predicted octanol–water partition coefficient (Wildman–Crippen LogP) is 2.64. The molecule has 2 rings (SSSR count). The molecule has 0 unspecified atom stereocenters. The summed E-state index contributed by atoms with van der Waals surface area (Å²) in [7, 11) is 0. The van der Waals surface area contributed by atoms with Crippen LogP contribution in [0, 0.1) is 0 Å². The second-order valence-corrected chi connectivity index (χ2v) is 3.97. The summed E-state index contributed by atoms with van der Waals surface area (Å²) < 4.78 is 5.95. The molecule has 0 saturated carbocycles. The summed E-state index contributed by atoms with van der Waals surface area (Å²) in [5.74, 6) is 0.105. The molecular weight excluding hydrogens is 212 g/mol. The fraction of sp³-hybridized carbons (Fsp3) is 0.0909. The third-order valence-corrected chi connectivity index (χ3v) is 2.95. The van der Waals surface area contributed by atoms with Gasteiger partial charge in [-0.15, -0.1) is 11.3 Å². The van der Waals surface area contributed by atoms with Crippen LogP contribution >= 0.6 is 11.3 Å². The van der Waals surface area contributed by atoms with Crippen LogP contribution < -0.4 is 4.74 Å². The molecule has 1 aromatic heterocycles. The molecule has 0 radical (unpaired) electrons. The van der Waals surface area contributed by atoms with E-state index in [0.29, 0.717) is 11.3 Å². The van der Waals surface area contributed by atoms with E-state index in [0.717, 1.165) is 16.4 Å². The van der Waals surface area contributed by atoms with Gasteiger partial charge in [0.2, 0.25) is 0 Å². The molecule has 15 heavy (non-hydrogen) atoms. The van der Waals surface area contributed by atoms with Crippen LogP contribution in [0.2, 0.25) is 0 Å². The van der Waals surface area contributed by atoms with E-state index >= 15 is 0 Å². The molecule has 0 saturated heterocycles. The monoisotopic (exact) mass is 220 g/mol. The number of carbonyl (C=O) groups excluding carboxylic acids is 2. The number of carbonyl (C=O) groups is 2. The van der Waals surface area contributed by atoms with Gasteiger partial charge in [0.05, 0.1) is 0 Å². The highest BCUT2D eigenvalue weighted by atomic mass is 32.1. The molecule has 0 bridgehead atoms. The average Bonchev–Trinajstić information content (AvgIpc) is 2.59. The molecule has 1 aromatic carbocycles. The van der Waals surface area contributed by atoms with Crippen LogP contribution in [0.15, 0.2) is 23.6 Å². The van der Waals surface area contributed by atoms with Crippen molar-refractivity contribution in [2.75, 3.05) is 0 Å². The van der Waals surface area contributed by atoms with Gasteiger partial charge < -0.3 is 4.74 Å². The smallest absolute Gasteiger partial charge is 0.308 e. The maximum absolute atomic E-state index is 10.8. The summed E-state index contributed by atoms with van der Waals surface area (Å²) in [5, 5.41) is 2.61. The minimum atomic E-state index is -0.364. The fourth-order valence-corrected chi connectivity index (χ4v) is 2.24. The van der Waals surface area contributed by atoms with E-state index in [4.69, 9.17) is 4.74 Å². The van der Waals surface area contributed by atoms with Crippen molar-refractivity contribution >= 4 is 33.7 Å². The molecule has 0 fully saturated rings. The molecule has 1 heterocycles. The number of esters is 1. The topological polar surface area (TPSA) is 43.4 Å². The van der Waals surface area contributed by atoms with E-state index in [2.05, 4.69) is 0 Å². The second-order valence-electron chi connectivity index (χ2n) is 3.06. The Morgan fingerprint density at radius 3 is 2.93 bits per heavy atom. The van der Waals surface area contributed by atoms with Gasteiger partial charge >= 0.3 is 5.97 Å². The first-order valence-electron chi connectivity index (χ1n) is 4.35. The molecule has 0 atom stereocenters. The SMILES string of the molecule is CC(=O)Oc1ccc2scc(C=O)c2c1. The molecule has 0 spiro atoms. The van der Waals surface area contributed by atoms with Crippen LogP contribution in [0.1, 0.15) is 17.3 Å². The lowest BCUT2D eigenvalue weighted by molar-refractivity contribution is -0.131. The van der Waals surface area contributed by atoms with Crippen molar-refractivity contribution in [1.82, 2.24) is 0 Å². The zero-order valence-corrected chi connectivity index (χ0v) is 8.84. The number of benzene rings is 1. The minimum absolute atomic E-state index is 0.364. The van der Waals surface area contributed by atoms with Crippen molar-refractivity contribution in [3.05, 3.63) is 29.1 Å². The predicted molar refractivity (Wildman–Crippen MR) is 58.5 cm³/mol. The van der Waals surface area contributed by atoms with E-state index in [1.54, 1.807) is 17.5 Å². The van der Waals surface area contributed by atoms with Gasteiger partial charge in [-0.05, 0) is 18.2 Å². The molecule has 0 amide bonds. The van der Waals surface area contributed by atoms with E-state index in [9.17, 15) is 9.59 Å². The number of ether oxygens (including phenoxy) is 1. The highest BCUT2D eigenvalue weighted by Crippen LogP contribution is 2.28. The van der Waals surface area contributed by atoms with Gasteiger partial charge in [0.25, 0.3) is 0 Å². The Hall–Kier alpha value is -1.68. The maximum atomic E-state index is 10.8. The van der Waals surface area contributed by atoms with Crippen LogP contribution in [0.25, 0.3) is 10.1 Å². The number of hydrogen-bond donors (Lipinski definition) is 0. The first kappa shape index (κ1) is 9.86. The molecule has 4 heteroatoms. The summed E-state index contributed by atoms with van der Waals surface area (Å²) in [4.78, 5) is 21.5. The third kappa shape index (κ3) is 1.89. The molecule has 0 aliphatic rings. The van der Waals surface area contributed by atoms with Crippen molar-refractivity contribution in [3.8, 4) is 5.75 Å². The molecule has 0 aliphatic heterocycles. The van der Waals surface area contributed by atoms with E-state index in [1.165, 1.54) is 18.3 Å². The van der Waals surface area contributed by atoms with Crippen molar-refractivity contribution in [1.29, 1.82) is 0 Å². The van der Waals surface area contributed by atoms with Crippen LogP contribution in [0.4, 0.5) is 0 Å². The van der Waals surface area contributed by atoms with Crippen molar-refractivity contribution in [3.63, 3.8) is 0 Å². The van der Waals surface area contributed by atoms with Gasteiger partial charge in [-0.2, -0.15) is 0 Å². The van der Waals surface area contributed by atoms with Gasteiger partial charge in [0.1, 0.15) is 5.75 Å². The first-order chi connectivity index (χ1) is 7.20. The van der Waals surface area contributed by atoms with E-state index < -0.39 is 0 Å². The zero-order chi connectivity index (χ0) is 10.8. The quantitative estimate of drug-likeness (QED) is 0.444. The lowest BCUT2D eigenvalue weighted by Crippen LogP contribution is -2.00. The molecule has 76 valence electrons. The highest BCUT2D eigenvalue weighted by molar-refractivity contribution is 7.17. The van der Waals surface area contributed by atoms with Gasteiger partial charge in [0, 0.05) is 28.0 Å². The second kappa shape index (κ2) is 3.82. The number of hydrogen-bond acceptors (Lipinski definition) is 4. The standard InChI is InChI=1S/C11H8O3S/c1-7(13)14-9-2-3-11-10(4-9)8(5-12)6-15-11/h2-6H,1H3. The average molecular weight is 220 g/mol. The lowest BCUT2D eigenvalue weighted by atomic mass is 10.2. The third-order valence-electron chi connectivity index (χ3n) is 1.96. The molecule has 3 nitrogen and oxygen atoms in total. The van der Waals surface area contributed by atoms with Crippen molar-refractivity contribution in [2.24, 2.45) is 0 Å². The van der Waals surface area contributed by atoms with E-state index in [1.807, 2.05) is 6.07 Å². The van der Waals surface area contributed by atoms with Crippen molar-refractivity contribution < 1.29 is 14.3 Å². The maximum Gasteiger partial charge on any atom is 0.308 e. The van der Waals surface area contributed by atoms with Crippen LogP contribution in [0.3, 0.4) is 0 Å². The summed E-state index contributed by atoms with van der Waals surface area (Å²) >= 11 is 1.49. The van der Waals surface area contributed by atoms with E-state index in [-0.39, 0.29) is 5.97 Å². The molecule has 0 aliphatic carbocycles. The summed E-state index contributed by atoms with van der Waals surface area (Å²) in [6, 6.07) is 5.26. The largest absolute Gasteiger partial charge is 0.427 e. The zero-order valence-electron chi connectivity index (χ0n) is 8.02.